The highest BCUT2D eigenvalue weighted by Crippen LogP contribution is 2.09. The third kappa shape index (κ3) is 7.12. The number of allylic oxidation sites excluding steroid dienone is 8. The van der Waals surface area contributed by atoms with E-state index in [1.165, 1.54) is 12.3 Å². The topological polar surface area (TPSA) is 43.1 Å². The molecule has 0 atom stereocenters. The zero-order valence-electron chi connectivity index (χ0n) is 11.2. The molecule has 0 aliphatic carbocycles. The van der Waals surface area contributed by atoms with Crippen molar-refractivity contribution in [3.05, 3.63) is 60.4 Å². The van der Waals surface area contributed by atoms with Gasteiger partial charge in [-0.25, -0.2) is 0 Å². The van der Waals surface area contributed by atoms with Crippen LogP contribution in [-0.4, -0.2) is 5.78 Å². The summed E-state index contributed by atoms with van der Waals surface area (Å²) in [5.41, 5.74) is 6.38. The van der Waals surface area contributed by atoms with Gasteiger partial charge >= 0.3 is 0 Å². The third-order valence-corrected chi connectivity index (χ3v) is 1.79. The van der Waals surface area contributed by atoms with Crippen LogP contribution >= 0.6 is 0 Å². The van der Waals surface area contributed by atoms with Gasteiger partial charge in [-0.2, -0.15) is 0 Å². The molecule has 0 aromatic rings. The van der Waals surface area contributed by atoms with Crippen molar-refractivity contribution in [3.8, 4) is 0 Å². The first-order chi connectivity index (χ1) is 8.21. The van der Waals surface area contributed by atoms with Crippen molar-refractivity contribution in [1.82, 2.24) is 0 Å². The third-order valence-electron chi connectivity index (χ3n) is 1.79. The summed E-state index contributed by atoms with van der Waals surface area (Å²) in [5.74, 6) is -0.0521. The summed E-state index contributed by atoms with van der Waals surface area (Å²) in [6.07, 6.45) is 11.5. The van der Waals surface area contributed by atoms with Crippen LogP contribution in [0.15, 0.2) is 60.4 Å². The maximum absolute atomic E-state index is 11.9. The van der Waals surface area contributed by atoms with Gasteiger partial charge in [0, 0.05) is 11.1 Å². The number of Topliss-reactive ketones (excluding diaryl/α,β-unsaturated/α-hetero) is 1. The second kappa shape index (κ2) is 12.2. The summed E-state index contributed by atoms with van der Waals surface area (Å²) in [6.45, 7) is 11.3. The Morgan fingerprint density at radius 1 is 1.18 bits per heavy atom. The first kappa shape index (κ1) is 17.6. The van der Waals surface area contributed by atoms with Crippen molar-refractivity contribution in [2.75, 3.05) is 0 Å². The highest BCUT2D eigenvalue weighted by molar-refractivity contribution is 6.11. The number of carbonyl (C=O) groups excluding carboxylic acids is 1. The standard InChI is InChI=1S/C13H17NO.C2H6/c1-4-8-11(5-2)13(15)12(6-3)9-7-10-14;1-2/h4-10H,3,14H2,1-2H3;1-2H3/b8-4-,10-7-,11-5+,12-9+;. The summed E-state index contributed by atoms with van der Waals surface area (Å²) >= 11 is 0. The van der Waals surface area contributed by atoms with Gasteiger partial charge < -0.3 is 5.73 Å². The Labute approximate surface area is 105 Å². The lowest BCUT2D eigenvalue weighted by Gasteiger charge is -2.00. The van der Waals surface area contributed by atoms with Crippen LogP contribution in [0.2, 0.25) is 0 Å². The van der Waals surface area contributed by atoms with Crippen molar-refractivity contribution in [2.45, 2.75) is 27.7 Å². The predicted octanol–water partition coefficient (Wildman–Crippen LogP) is 3.69. The fourth-order valence-electron chi connectivity index (χ4n) is 1.04. The van der Waals surface area contributed by atoms with Crippen molar-refractivity contribution in [2.24, 2.45) is 5.73 Å². The lowest BCUT2D eigenvalue weighted by atomic mass is 10.0. The summed E-state index contributed by atoms with van der Waals surface area (Å²) in [7, 11) is 0. The molecule has 0 aromatic carbocycles. The quantitative estimate of drug-likeness (QED) is 0.581. The first-order valence-corrected chi connectivity index (χ1v) is 5.76. The van der Waals surface area contributed by atoms with Crippen molar-refractivity contribution in [3.63, 3.8) is 0 Å². The number of nitrogens with two attached hydrogens (primary N) is 1. The van der Waals surface area contributed by atoms with Gasteiger partial charge in [0.2, 0.25) is 0 Å². The van der Waals surface area contributed by atoms with Crippen LogP contribution in [0.5, 0.6) is 0 Å². The molecule has 0 amide bonds. The fraction of sp³-hybridized carbons (Fsp3) is 0.267. The maximum Gasteiger partial charge on any atom is 0.192 e. The molecule has 2 nitrogen and oxygen atoms in total. The first-order valence-electron chi connectivity index (χ1n) is 5.76. The number of ketones is 1. The van der Waals surface area contributed by atoms with Crippen LogP contribution < -0.4 is 5.73 Å². The summed E-state index contributed by atoms with van der Waals surface area (Å²) < 4.78 is 0. The highest BCUT2D eigenvalue weighted by Gasteiger charge is 2.07. The minimum absolute atomic E-state index is 0.0521. The van der Waals surface area contributed by atoms with Gasteiger partial charge in [0.05, 0.1) is 0 Å². The van der Waals surface area contributed by atoms with E-state index in [2.05, 4.69) is 6.58 Å². The van der Waals surface area contributed by atoms with Crippen LogP contribution in [0.3, 0.4) is 0 Å². The van der Waals surface area contributed by atoms with E-state index in [1.807, 2.05) is 33.8 Å². The molecule has 0 spiro atoms. The van der Waals surface area contributed by atoms with E-state index >= 15 is 0 Å². The second-order valence-electron chi connectivity index (χ2n) is 2.78. The Morgan fingerprint density at radius 3 is 2.12 bits per heavy atom. The molecule has 0 heterocycles. The van der Waals surface area contributed by atoms with Crippen LogP contribution in [0.25, 0.3) is 0 Å². The normalized spacial score (nSPS) is 12.5. The Balaban J connectivity index is 0. The molecule has 2 N–H and O–H groups in total. The molecule has 0 bridgehead atoms. The second-order valence-corrected chi connectivity index (χ2v) is 2.78. The van der Waals surface area contributed by atoms with Gasteiger partial charge in [-0.1, -0.05) is 44.7 Å². The largest absolute Gasteiger partial charge is 0.405 e. The molecule has 0 radical (unpaired) electrons. The van der Waals surface area contributed by atoms with E-state index in [-0.39, 0.29) is 5.78 Å². The van der Waals surface area contributed by atoms with Gasteiger partial charge in [-0.3, -0.25) is 4.79 Å². The molecular formula is C15H23NO. The molecular weight excluding hydrogens is 210 g/mol. The minimum atomic E-state index is -0.0521. The lowest BCUT2D eigenvalue weighted by molar-refractivity contribution is -0.111. The molecule has 0 unspecified atom stereocenters. The number of hydrogen-bond donors (Lipinski definition) is 1. The highest BCUT2D eigenvalue weighted by atomic mass is 16.1. The molecule has 0 rings (SSSR count). The van der Waals surface area contributed by atoms with E-state index < -0.39 is 0 Å². The maximum atomic E-state index is 11.9. The van der Waals surface area contributed by atoms with E-state index in [0.29, 0.717) is 11.1 Å². The summed E-state index contributed by atoms with van der Waals surface area (Å²) in [6, 6.07) is 0. The SMILES string of the molecule is C=C/C(=C\C=C/N)C(=O)C(/C=C\C)=C/C.CC. The average molecular weight is 233 g/mol. The molecule has 17 heavy (non-hydrogen) atoms. The number of rotatable bonds is 5. The Kier molecular flexibility index (Phi) is 12.6. The molecule has 0 aromatic heterocycles. The Hall–Kier alpha value is -1.83. The van der Waals surface area contributed by atoms with Crippen molar-refractivity contribution in [1.29, 1.82) is 0 Å². The smallest absolute Gasteiger partial charge is 0.192 e. The Bertz CT molecular complexity index is 344. The van der Waals surface area contributed by atoms with Gasteiger partial charge in [-0.05, 0) is 32.2 Å². The van der Waals surface area contributed by atoms with E-state index in [1.54, 1.807) is 24.3 Å². The minimum Gasteiger partial charge on any atom is -0.405 e. The zero-order chi connectivity index (χ0) is 13.7. The fourth-order valence-corrected chi connectivity index (χ4v) is 1.04. The van der Waals surface area contributed by atoms with Crippen LogP contribution in [0.1, 0.15) is 27.7 Å². The van der Waals surface area contributed by atoms with Gasteiger partial charge in [0.25, 0.3) is 0 Å². The van der Waals surface area contributed by atoms with E-state index in [4.69, 9.17) is 5.73 Å². The van der Waals surface area contributed by atoms with Crippen LogP contribution in [0.4, 0.5) is 0 Å². The summed E-state index contributed by atoms with van der Waals surface area (Å²) in [4.78, 5) is 11.9. The van der Waals surface area contributed by atoms with Crippen LogP contribution in [0, 0.1) is 0 Å². The lowest BCUT2D eigenvalue weighted by Crippen LogP contribution is -2.02. The van der Waals surface area contributed by atoms with Crippen LogP contribution in [-0.2, 0) is 4.79 Å². The monoisotopic (exact) mass is 233 g/mol. The van der Waals surface area contributed by atoms with E-state index in [9.17, 15) is 4.79 Å². The molecule has 0 fully saturated rings. The summed E-state index contributed by atoms with van der Waals surface area (Å²) in [5, 5.41) is 0. The van der Waals surface area contributed by atoms with Gasteiger partial charge in [-0.15, -0.1) is 0 Å². The molecule has 0 aliphatic rings. The molecule has 0 aliphatic heterocycles. The van der Waals surface area contributed by atoms with Gasteiger partial charge in [0.1, 0.15) is 0 Å². The predicted molar refractivity (Wildman–Crippen MR) is 76.5 cm³/mol. The van der Waals surface area contributed by atoms with E-state index in [0.717, 1.165) is 0 Å². The molecule has 94 valence electrons. The number of hydrogen-bond acceptors (Lipinski definition) is 2. The molecule has 0 saturated heterocycles. The van der Waals surface area contributed by atoms with Gasteiger partial charge in [0.15, 0.2) is 5.78 Å². The average Bonchev–Trinajstić information content (AvgIpc) is 2.38. The Morgan fingerprint density at radius 2 is 1.76 bits per heavy atom. The molecule has 2 heteroatoms. The zero-order valence-corrected chi connectivity index (χ0v) is 11.2. The molecule has 0 saturated carbocycles. The van der Waals surface area contributed by atoms with Crippen molar-refractivity contribution < 1.29 is 4.79 Å². The van der Waals surface area contributed by atoms with Crippen molar-refractivity contribution >= 4 is 5.78 Å². The number of carbonyl (C=O) groups is 1.